The Hall–Kier alpha value is -0.820. The van der Waals surface area contributed by atoms with E-state index < -0.39 is 0 Å². The summed E-state index contributed by atoms with van der Waals surface area (Å²) < 4.78 is 0. The Morgan fingerprint density at radius 3 is 2.65 bits per heavy atom. The van der Waals surface area contributed by atoms with Gasteiger partial charge in [-0.3, -0.25) is 0 Å². The molecule has 2 N–H and O–H groups in total. The zero-order valence-corrected chi connectivity index (χ0v) is 11.2. The molecule has 0 spiro atoms. The summed E-state index contributed by atoms with van der Waals surface area (Å²) in [6.07, 6.45) is 6.76. The van der Waals surface area contributed by atoms with Crippen LogP contribution in [-0.4, -0.2) is 6.54 Å². The molecule has 0 heterocycles. The molecule has 1 saturated carbocycles. The second-order valence-corrected chi connectivity index (χ2v) is 5.60. The number of aryl methyl sites for hydroxylation is 2. The van der Waals surface area contributed by atoms with E-state index in [-0.39, 0.29) is 0 Å². The Morgan fingerprint density at radius 2 is 1.88 bits per heavy atom. The molecule has 94 valence electrons. The van der Waals surface area contributed by atoms with Crippen molar-refractivity contribution in [3.63, 3.8) is 0 Å². The molecule has 1 nitrogen and oxygen atoms in total. The van der Waals surface area contributed by atoms with E-state index in [9.17, 15) is 0 Å². The van der Waals surface area contributed by atoms with Crippen molar-refractivity contribution in [3.05, 3.63) is 34.9 Å². The predicted octanol–water partition coefficient (Wildman–Crippen LogP) is 3.93. The van der Waals surface area contributed by atoms with Crippen molar-refractivity contribution in [3.8, 4) is 0 Å². The van der Waals surface area contributed by atoms with Crippen LogP contribution in [0, 0.1) is 19.8 Å². The first kappa shape index (κ1) is 12.6. The number of hydrogen-bond acceptors (Lipinski definition) is 1. The third-order valence-corrected chi connectivity index (χ3v) is 4.30. The minimum atomic E-state index is 0.693. The highest BCUT2D eigenvalue weighted by Gasteiger charge is 2.25. The fraction of sp³-hybridized carbons (Fsp3) is 0.625. The number of hydrogen-bond donors (Lipinski definition) is 1. The lowest BCUT2D eigenvalue weighted by Crippen LogP contribution is -2.21. The van der Waals surface area contributed by atoms with Gasteiger partial charge in [-0.05, 0) is 56.2 Å². The molecular formula is C16H25N. The first-order chi connectivity index (χ1) is 8.22. The number of rotatable bonds is 2. The van der Waals surface area contributed by atoms with Crippen LogP contribution in [0.1, 0.15) is 54.7 Å². The van der Waals surface area contributed by atoms with Crippen molar-refractivity contribution in [1.29, 1.82) is 0 Å². The van der Waals surface area contributed by atoms with Crippen molar-refractivity contribution in [2.75, 3.05) is 6.54 Å². The Labute approximate surface area is 105 Å². The summed E-state index contributed by atoms with van der Waals surface area (Å²) in [4.78, 5) is 0. The van der Waals surface area contributed by atoms with Gasteiger partial charge in [0, 0.05) is 0 Å². The van der Waals surface area contributed by atoms with E-state index >= 15 is 0 Å². The molecule has 0 amide bonds. The van der Waals surface area contributed by atoms with Crippen molar-refractivity contribution in [2.24, 2.45) is 11.7 Å². The maximum atomic E-state index is 5.99. The third kappa shape index (κ3) is 2.90. The van der Waals surface area contributed by atoms with Crippen LogP contribution in [0.4, 0.5) is 0 Å². The molecule has 2 unspecified atom stereocenters. The quantitative estimate of drug-likeness (QED) is 0.767. The van der Waals surface area contributed by atoms with Crippen molar-refractivity contribution >= 4 is 0 Å². The Bertz CT molecular complexity index is 370. The van der Waals surface area contributed by atoms with E-state index in [0.29, 0.717) is 11.8 Å². The fourth-order valence-corrected chi connectivity index (χ4v) is 3.24. The zero-order valence-electron chi connectivity index (χ0n) is 11.2. The molecule has 0 aromatic heterocycles. The van der Waals surface area contributed by atoms with Gasteiger partial charge >= 0.3 is 0 Å². The van der Waals surface area contributed by atoms with Crippen molar-refractivity contribution < 1.29 is 0 Å². The number of nitrogens with two attached hydrogens (primary N) is 1. The van der Waals surface area contributed by atoms with Gasteiger partial charge in [0.15, 0.2) is 0 Å². The van der Waals surface area contributed by atoms with Gasteiger partial charge in [0.2, 0.25) is 0 Å². The van der Waals surface area contributed by atoms with Gasteiger partial charge in [0.05, 0.1) is 0 Å². The van der Waals surface area contributed by atoms with Crippen LogP contribution in [0.25, 0.3) is 0 Å². The first-order valence-electron chi connectivity index (χ1n) is 6.99. The maximum Gasteiger partial charge on any atom is -0.00430 e. The molecule has 1 aromatic rings. The standard InChI is InChI=1S/C16H25N/c1-12-8-9-13(2)16(10-12)15-7-5-3-4-6-14(15)11-17/h8-10,14-15H,3-7,11,17H2,1-2H3. The van der Waals surface area contributed by atoms with Crippen LogP contribution in [0.2, 0.25) is 0 Å². The topological polar surface area (TPSA) is 26.0 Å². The summed E-state index contributed by atoms with van der Waals surface area (Å²) in [5.74, 6) is 1.39. The van der Waals surface area contributed by atoms with Crippen LogP contribution in [-0.2, 0) is 0 Å². The molecule has 0 bridgehead atoms. The van der Waals surface area contributed by atoms with E-state index in [1.54, 1.807) is 5.56 Å². The van der Waals surface area contributed by atoms with Gasteiger partial charge in [-0.2, -0.15) is 0 Å². The lowest BCUT2D eigenvalue weighted by molar-refractivity contribution is 0.407. The minimum Gasteiger partial charge on any atom is -0.330 e. The molecule has 2 atom stereocenters. The van der Waals surface area contributed by atoms with Crippen molar-refractivity contribution in [2.45, 2.75) is 51.9 Å². The van der Waals surface area contributed by atoms with E-state index in [4.69, 9.17) is 5.73 Å². The van der Waals surface area contributed by atoms with Gasteiger partial charge in [-0.25, -0.2) is 0 Å². The molecule has 1 aliphatic rings. The summed E-state index contributed by atoms with van der Waals surface area (Å²) in [6, 6.07) is 6.87. The fourth-order valence-electron chi connectivity index (χ4n) is 3.24. The lowest BCUT2D eigenvalue weighted by Gasteiger charge is -2.26. The Balaban J connectivity index is 2.31. The van der Waals surface area contributed by atoms with E-state index in [2.05, 4.69) is 32.0 Å². The average Bonchev–Trinajstić information content (AvgIpc) is 2.57. The van der Waals surface area contributed by atoms with E-state index in [1.807, 2.05) is 0 Å². The van der Waals surface area contributed by atoms with Crippen LogP contribution in [0.5, 0.6) is 0 Å². The molecule has 17 heavy (non-hydrogen) atoms. The summed E-state index contributed by atoms with van der Waals surface area (Å²) in [5, 5.41) is 0. The zero-order chi connectivity index (χ0) is 12.3. The smallest absolute Gasteiger partial charge is 0.00430 e. The lowest BCUT2D eigenvalue weighted by atomic mass is 9.80. The van der Waals surface area contributed by atoms with Gasteiger partial charge in [-0.1, -0.05) is 43.0 Å². The highest BCUT2D eigenvalue weighted by atomic mass is 14.6. The second-order valence-electron chi connectivity index (χ2n) is 5.60. The Morgan fingerprint density at radius 1 is 1.12 bits per heavy atom. The van der Waals surface area contributed by atoms with Gasteiger partial charge in [0.25, 0.3) is 0 Å². The minimum absolute atomic E-state index is 0.693. The van der Waals surface area contributed by atoms with Crippen LogP contribution >= 0.6 is 0 Å². The van der Waals surface area contributed by atoms with Crippen LogP contribution in [0.3, 0.4) is 0 Å². The summed E-state index contributed by atoms with van der Waals surface area (Å²) in [6.45, 7) is 5.28. The van der Waals surface area contributed by atoms with Crippen molar-refractivity contribution in [1.82, 2.24) is 0 Å². The SMILES string of the molecule is Cc1ccc(C)c(C2CCCCCC2CN)c1. The molecule has 0 aliphatic heterocycles. The maximum absolute atomic E-state index is 5.99. The summed E-state index contributed by atoms with van der Waals surface area (Å²) >= 11 is 0. The van der Waals surface area contributed by atoms with Gasteiger partial charge in [0.1, 0.15) is 0 Å². The van der Waals surface area contributed by atoms with E-state index in [0.717, 1.165) is 6.54 Å². The number of benzene rings is 1. The summed E-state index contributed by atoms with van der Waals surface area (Å²) in [7, 11) is 0. The molecule has 2 rings (SSSR count). The molecule has 0 radical (unpaired) electrons. The van der Waals surface area contributed by atoms with Crippen LogP contribution in [0.15, 0.2) is 18.2 Å². The molecular weight excluding hydrogens is 206 g/mol. The average molecular weight is 231 g/mol. The summed E-state index contributed by atoms with van der Waals surface area (Å²) in [5.41, 5.74) is 10.4. The Kier molecular flexibility index (Phi) is 4.22. The highest BCUT2D eigenvalue weighted by molar-refractivity contribution is 5.34. The predicted molar refractivity (Wildman–Crippen MR) is 74.3 cm³/mol. The monoisotopic (exact) mass is 231 g/mol. The van der Waals surface area contributed by atoms with Gasteiger partial charge in [-0.15, -0.1) is 0 Å². The molecule has 1 aliphatic carbocycles. The normalized spacial score (nSPS) is 25.6. The molecule has 1 heteroatoms. The molecule has 0 saturated heterocycles. The third-order valence-electron chi connectivity index (χ3n) is 4.30. The van der Waals surface area contributed by atoms with Crippen LogP contribution < -0.4 is 5.73 Å². The van der Waals surface area contributed by atoms with Gasteiger partial charge < -0.3 is 5.73 Å². The molecule has 1 aromatic carbocycles. The molecule has 1 fully saturated rings. The highest BCUT2D eigenvalue weighted by Crippen LogP contribution is 2.37. The second kappa shape index (κ2) is 5.68. The van der Waals surface area contributed by atoms with E-state index in [1.165, 1.54) is 43.2 Å². The first-order valence-corrected chi connectivity index (χ1v) is 6.99. The largest absolute Gasteiger partial charge is 0.330 e.